The maximum absolute atomic E-state index is 12.6. The minimum atomic E-state index is -0.565. The fourth-order valence-corrected chi connectivity index (χ4v) is 4.99. The average Bonchev–Trinajstić information content (AvgIpc) is 3.23. The van der Waals surface area contributed by atoms with E-state index in [0.717, 1.165) is 17.5 Å². The lowest BCUT2D eigenvalue weighted by molar-refractivity contribution is 0.275. The molecule has 3 aromatic heterocycles. The maximum atomic E-state index is 12.6. The van der Waals surface area contributed by atoms with Crippen molar-refractivity contribution in [1.29, 1.82) is 5.26 Å². The Morgan fingerprint density at radius 2 is 1.91 bits per heavy atom. The molecule has 2 aliphatic rings. The van der Waals surface area contributed by atoms with Gasteiger partial charge in [-0.15, -0.1) is 0 Å². The molecule has 6 rings (SSSR count). The van der Waals surface area contributed by atoms with E-state index in [9.17, 15) is 14.9 Å². The van der Waals surface area contributed by atoms with Crippen LogP contribution in [0.3, 0.4) is 0 Å². The van der Waals surface area contributed by atoms with Crippen molar-refractivity contribution in [3.05, 3.63) is 80.7 Å². The van der Waals surface area contributed by atoms with Gasteiger partial charge in [0.15, 0.2) is 0 Å². The number of rotatable bonds is 2. The predicted octanol–water partition coefficient (Wildman–Crippen LogP) is 3.11. The van der Waals surface area contributed by atoms with Crippen molar-refractivity contribution in [2.75, 3.05) is 18.0 Å². The largest absolute Gasteiger partial charge is 0.422 e. The van der Waals surface area contributed by atoms with Gasteiger partial charge in [0, 0.05) is 42.7 Å². The van der Waals surface area contributed by atoms with Crippen molar-refractivity contribution in [3.8, 4) is 17.5 Å². The highest BCUT2D eigenvalue weighted by Crippen LogP contribution is 2.38. The smallest absolute Gasteiger partial charge is 0.349 e. The summed E-state index contributed by atoms with van der Waals surface area (Å²) in [5.41, 5.74) is 1.26. The van der Waals surface area contributed by atoms with Gasteiger partial charge in [0.25, 0.3) is 5.56 Å². The molecule has 0 radical (unpaired) electrons. The van der Waals surface area contributed by atoms with Crippen molar-refractivity contribution in [1.82, 2.24) is 9.55 Å². The van der Waals surface area contributed by atoms with Gasteiger partial charge in [-0.2, -0.15) is 10.2 Å². The van der Waals surface area contributed by atoms with Crippen molar-refractivity contribution in [3.63, 3.8) is 0 Å². The second-order valence-electron chi connectivity index (χ2n) is 8.37. The van der Waals surface area contributed by atoms with Gasteiger partial charge in [-0.1, -0.05) is 24.3 Å². The Balaban J connectivity index is 1.40. The average molecular weight is 426 g/mol. The molecule has 0 spiro atoms. The molecule has 1 saturated heterocycles. The van der Waals surface area contributed by atoms with Crippen LogP contribution in [0.25, 0.3) is 22.4 Å². The molecule has 0 N–H and O–H groups in total. The number of oxazole rings is 1. The van der Waals surface area contributed by atoms with Gasteiger partial charge in [0.05, 0.1) is 0 Å². The van der Waals surface area contributed by atoms with Crippen molar-refractivity contribution in [2.24, 2.45) is 5.92 Å². The Morgan fingerprint density at radius 1 is 1.03 bits per heavy atom. The number of hydrogen-bond donors (Lipinski definition) is 0. The fourth-order valence-electron chi connectivity index (χ4n) is 4.99. The van der Waals surface area contributed by atoms with Gasteiger partial charge in [0.2, 0.25) is 17.5 Å². The minimum absolute atomic E-state index is 0.0216. The van der Waals surface area contributed by atoms with E-state index in [4.69, 9.17) is 8.83 Å². The van der Waals surface area contributed by atoms with Crippen LogP contribution in [0.15, 0.2) is 67.0 Å². The predicted molar refractivity (Wildman–Crippen MR) is 116 cm³/mol. The lowest BCUT2D eigenvalue weighted by atomic mass is 9.83. The molecule has 5 heterocycles. The number of hydrogen-bond acceptors (Lipinski definition) is 7. The number of para-hydroxylation sites is 1. The molecule has 0 unspecified atom stereocenters. The zero-order valence-electron chi connectivity index (χ0n) is 17.0. The number of nitriles is 1. The molecular weight excluding hydrogens is 408 g/mol. The monoisotopic (exact) mass is 426 g/mol. The first-order valence-corrected chi connectivity index (χ1v) is 10.5. The summed E-state index contributed by atoms with van der Waals surface area (Å²) in [7, 11) is 0. The third-order valence-corrected chi connectivity index (χ3v) is 6.35. The van der Waals surface area contributed by atoms with Crippen LogP contribution in [-0.4, -0.2) is 22.6 Å². The minimum Gasteiger partial charge on any atom is -0.422 e. The molecule has 0 saturated carbocycles. The van der Waals surface area contributed by atoms with Gasteiger partial charge in [-0.05, 0) is 30.5 Å². The van der Waals surface area contributed by atoms with Crippen molar-refractivity contribution < 1.29 is 8.83 Å². The van der Waals surface area contributed by atoms with Crippen LogP contribution < -0.4 is 16.1 Å². The maximum Gasteiger partial charge on any atom is 0.349 e. The number of benzene rings is 1. The summed E-state index contributed by atoms with van der Waals surface area (Å²) in [6, 6.07) is 16.3. The van der Waals surface area contributed by atoms with Crippen LogP contribution in [0, 0.1) is 17.2 Å². The summed E-state index contributed by atoms with van der Waals surface area (Å²) in [5, 5.41) is 10.4. The summed E-state index contributed by atoms with van der Waals surface area (Å²) in [5.74, 6) is 0.842. The molecule has 32 heavy (non-hydrogen) atoms. The highest BCUT2D eigenvalue weighted by Gasteiger charge is 2.37. The SMILES string of the molecule is N#Cc1nc(-c2cc3ccccc3oc2=O)oc1N1C[C@@H]2C[C@H](C1)c1cccc(=O)n1C2. The molecule has 1 aromatic carbocycles. The molecule has 158 valence electrons. The van der Waals surface area contributed by atoms with Gasteiger partial charge in [-0.25, -0.2) is 4.79 Å². The topological polar surface area (TPSA) is 105 Å². The molecule has 2 aliphatic heterocycles. The summed E-state index contributed by atoms with van der Waals surface area (Å²) < 4.78 is 13.3. The van der Waals surface area contributed by atoms with Crippen LogP contribution >= 0.6 is 0 Å². The van der Waals surface area contributed by atoms with Gasteiger partial charge in [-0.3, -0.25) is 4.79 Å². The molecule has 2 bridgehead atoms. The number of anilines is 1. The van der Waals surface area contributed by atoms with Crippen molar-refractivity contribution in [2.45, 2.75) is 18.9 Å². The summed E-state index contributed by atoms with van der Waals surface area (Å²) in [6.07, 6.45) is 0.983. The zero-order valence-corrected chi connectivity index (χ0v) is 17.0. The van der Waals surface area contributed by atoms with Gasteiger partial charge in [0.1, 0.15) is 17.2 Å². The van der Waals surface area contributed by atoms with Crippen LogP contribution in [0.4, 0.5) is 5.88 Å². The molecule has 1 fully saturated rings. The Kier molecular flexibility index (Phi) is 4.05. The second-order valence-corrected chi connectivity index (χ2v) is 8.37. The van der Waals surface area contributed by atoms with E-state index in [-0.39, 0.29) is 34.5 Å². The Morgan fingerprint density at radius 3 is 2.78 bits per heavy atom. The number of fused-ring (bicyclic) bond motifs is 5. The first-order valence-electron chi connectivity index (χ1n) is 10.5. The number of nitrogens with zero attached hydrogens (tertiary/aromatic N) is 4. The van der Waals surface area contributed by atoms with Crippen LogP contribution in [0.1, 0.15) is 23.7 Å². The van der Waals surface area contributed by atoms with E-state index in [1.165, 1.54) is 0 Å². The standard InChI is InChI=1S/C24H18N4O4/c25-10-18-23(27-11-14-8-16(13-27)19-5-3-7-21(29)28(19)12-14)32-22(26-18)17-9-15-4-1-2-6-20(15)31-24(17)30/h1-7,9,14,16H,8,11-13H2/t14-,16+/m0/s1. The third-order valence-electron chi connectivity index (χ3n) is 6.35. The van der Waals surface area contributed by atoms with Gasteiger partial charge >= 0.3 is 5.63 Å². The first kappa shape index (κ1) is 18.6. The van der Waals surface area contributed by atoms with Gasteiger partial charge < -0.3 is 18.3 Å². The highest BCUT2D eigenvalue weighted by atomic mass is 16.4. The van der Waals surface area contributed by atoms with E-state index in [0.29, 0.717) is 31.1 Å². The summed E-state index contributed by atoms with van der Waals surface area (Å²) in [6.45, 7) is 1.89. The molecule has 8 nitrogen and oxygen atoms in total. The van der Waals surface area contributed by atoms with Crippen LogP contribution in [-0.2, 0) is 6.54 Å². The van der Waals surface area contributed by atoms with E-state index in [1.807, 2.05) is 27.7 Å². The van der Waals surface area contributed by atoms with Crippen LogP contribution in [0.5, 0.6) is 0 Å². The normalized spacial score (nSPS) is 19.5. The quantitative estimate of drug-likeness (QED) is 0.454. The highest BCUT2D eigenvalue weighted by molar-refractivity contribution is 5.80. The molecule has 0 amide bonds. The fraction of sp³-hybridized carbons (Fsp3) is 0.250. The molecule has 2 atom stereocenters. The molecular formula is C24H18N4O4. The lowest BCUT2D eigenvalue weighted by Gasteiger charge is -2.42. The Bertz CT molecular complexity index is 1520. The summed E-state index contributed by atoms with van der Waals surface area (Å²) in [4.78, 5) is 31.1. The zero-order chi connectivity index (χ0) is 21.8. The van der Waals surface area contributed by atoms with E-state index in [2.05, 4.69) is 11.1 Å². The Labute approximate surface area is 181 Å². The molecule has 4 aromatic rings. The number of aromatic nitrogens is 2. The number of pyridine rings is 1. The van der Waals surface area contributed by atoms with E-state index < -0.39 is 5.63 Å². The molecule has 0 aliphatic carbocycles. The lowest BCUT2D eigenvalue weighted by Crippen LogP contribution is -2.47. The third kappa shape index (κ3) is 2.86. The Hall–Kier alpha value is -4.12. The van der Waals surface area contributed by atoms with Crippen LogP contribution in [0.2, 0.25) is 0 Å². The van der Waals surface area contributed by atoms with E-state index in [1.54, 1.807) is 30.3 Å². The second kappa shape index (κ2) is 6.95. The number of piperidine rings is 1. The molecule has 8 heteroatoms. The summed E-state index contributed by atoms with van der Waals surface area (Å²) >= 11 is 0. The van der Waals surface area contributed by atoms with Crippen molar-refractivity contribution >= 4 is 16.9 Å². The first-order chi connectivity index (χ1) is 15.6. The van der Waals surface area contributed by atoms with E-state index >= 15 is 0 Å².